The van der Waals surface area contributed by atoms with Gasteiger partial charge in [0.2, 0.25) is 0 Å². The molecular formula is C26H24N4O2. The van der Waals surface area contributed by atoms with Gasteiger partial charge in [-0.3, -0.25) is 4.79 Å². The fourth-order valence-corrected chi connectivity index (χ4v) is 3.97. The lowest BCUT2D eigenvalue weighted by atomic mass is 10.1. The lowest BCUT2D eigenvalue weighted by Crippen LogP contribution is -2.36. The van der Waals surface area contributed by atoms with E-state index in [0.717, 1.165) is 54.3 Å². The molecule has 0 atom stereocenters. The zero-order chi connectivity index (χ0) is 21.9. The molecule has 0 aliphatic carbocycles. The third kappa shape index (κ3) is 4.18. The summed E-state index contributed by atoms with van der Waals surface area (Å²) < 4.78 is 5.47. The van der Waals surface area contributed by atoms with E-state index in [1.807, 2.05) is 49.4 Å². The summed E-state index contributed by atoms with van der Waals surface area (Å²) in [6, 6.07) is 23.6. The molecule has 0 saturated carbocycles. The minimum atomic E-state index is -0.222. The van der Waals surface area contributed by atoms with Crippen LogP contribution < -0.4 is 10.2 Å². The summed E-state index contributed by atoms with van der Waals surface area (Å²) in [5.74, 6) is 0.307. The topological polar surface area (TPSA) is 67.4 Å². The second-order valence-electron chi connectivity index (χ2n) is 7.84. The molecule has 1 N–H and O–H groups in total. The zero-order valence-electron chi connectivity index (χ0n) is 17.9. The van der Waals surface area contributed by atoms with Crippen molar-refractivity contribution in [3.05, 3.63) is 84.1 Å². The van der Waals surface area contributed by atoms with Gasteiger partial charge in [0, 0.05) is 35.4 Å². The molecule has 1 fully saturated rings. The Morgan fingerprint density at radius 2 is 1.75 bits per heavy atom. The largest absolute Gasteiger partial charge is 0.378 e. The third-order valence-electron chi connectivity index (χ3n) is 5.61. The molecule has 0 radical (unpaired) electrons. The van der Waals surface area contributed by atoms with Gasteiger partial charge in [-0.15, -0.1) is 0 Å². The molecule has 6 nitrogen and oxygen atoms in total. The highest BCUT2D eigenvalue weighted by Gasteiger charge is 2.15. The fraction of sp³-hybridized carbons (Fsp3) is 0.192. The van der Waals surface area contributed by atoms with Crippen LogP contribution in [0.5, 0.6) is 0 Å². The molecule has 2 aromatic carbocycles. The summed E-state index contributed by atoms with van der Waals surface area (Å²) >= 11 is 0. The number of carbonyl (C=O) groups excluding carboxylic acids is 1. The summed E-state index contributed by atoms with van der Waals surface area (Å²) in [6.45, 7) is 5.14. The minimum Gasteiger partial charge on any atom is -0.378 e. The minimum absolute atomic E-state index is 0.222. The Kier molecular flexibility index (Phi) is 5.52. The molecule has 4 aromatic rings. The van der Waals surface area contributed by atoms with Crippen LogP contribution in [0.3, 0.4) is 0 Å². The van der Waals surface area contributed by atoms with Gasteiger partial charge in [0.15, 0.2) is 0 Å². The Bertz CT molecular complexity index is 1280. The first-order valence-corrected chi connectivity index (χ1v) is 10.8. The van der Waals surface area contributed by atoms with Crippen molar-refractivity contribution in [2.45, 2.75) is 6.92 Å². The highest BCUT2D eigenvalue weighted by atomic mass is 16.5. The lowest BCUT2D eigenvalue weighted by Gasteiger charge is -2.29. The van der Waals surface area contributed by atoms with Gasteiger partial charge in [-0.25, -0.2) is 9.97 Å². The van der Waals surface area contributed by atoms with Crippen molar-refractivity contribution in [1.82, 2.24) is 9.97 Å². The average molecular weight is 425 g/mol. The Morgan fingerprint density at radius 1 is 0.938 bits per heavy atom. The van der Waals surface area contributed by atoms with Crippen LogP contribution in [0.1, 0.15) is 16.1 Å². The Labute approximate surface area is 186 Å². The summed E-state index contributed by atoms with van der Waals surface area (Å²) in [6.07, 6.45) is 0. The summed E-state index contributed by atoms with van der Waals surface area (Å²) in [5, 5.41) is 3.81. The number of carbonyl (C=O) groups is 1. The van der Waals surface area contributed by atoms with Gasteiger partial charge in [-0.1, -0.05) is 36.4 Å². The van der Waals surface area contributed by atoms with Crippen molar-refractivity contribution < 1.29 is 9.53 Å². The molecule has 0 unspecified atom stereocenters. The van der Waals surface area contributed by atoms with E-state index in [1.165, 1.54) is 0 Å². The maximum atomic E-state index is 13.0. The number of nitrogens with one attached hydrogen (secondary N) is 1. The van der Waals surface area contributed by atoms with Crippen LogP contribution in [0.25, 0.3) is 22.2 Å². The van der Waals surface area contributed by atoms with E-state index in [4.69, 9.17) is 9.72 Å². The summed E-state index contributed by atoms with van der Waals surface area (Å²) in [5.41, 5.74) is 5.06. The molecule has 5 rings (SSSR count). The molecule has 1 aliphatic rings. The summed E-state index contributed by atoms with van der Waals surface area (Å²) in [7, 11) is 0. The lowest BCUT2D eigenvalue weighted by molar-refractivity contribution is 0.102. The molecule has 3 heterocycles. The molecule has 160 valence electrons. The molecule has 1 amide bonds. The number of para-hydroxylation sites is 1. The Balaban J connectivity index is 1.49. The maximum absolute atomic E-state index is 13.0. The van der Waals surface area contributed by atoms with Crippen molar-refractivity contribution in [3.8, 4) is 11.3 Å². The van der Waals surface area contributed by atoms with Crippen LogP contribution in [0.15, 0.2) is 72.8 Å². The normalized spacial score (nSPS) is 13.8. The van der Waals surface area contributed by atoms with Gasteiger partial charge < -0.3 is 15.0 Å². The van der Waals surface area contributed by atoms with Crippen molar-refractivity contribution in [2.75, 3.05) is 36.5 Å². The number of nitrogens with zero attached hydrogens (tertiary/aromatic N) is 3. The van der Waals surface area contributed by atoms with Gasteiger partial charge in [0.05, 0.1) is 30.0 Å². The molecule has 32 heavy (non-hydrogen) atoms. The van der Waals surface area contributed by atoms with Gasteiger partial charge >= 0.3 is 0 Å². The molecule has 2 aromatic heterocycles. The Morgan fingerprint density at radius 3 is 2.59 bits per heavy atom. The smallest absolute Gasteiger partial charge is 0.259 e. The molecule has 0 bridgehead atoms. The monoisotopic (exact) mass is 424 g/mol. The number of benzene rings is 2. The first-order valence-electron chi connectivity index (χ1n) is 10.8. The summed E-state index contributed by atoms with van der Waals surface area (Å²) in [4.78, 5) is 24.6. The number of ether oxygens (including phenoxy) is 1. The van der Waals surface area contributed by atoms with E-state index >= 15 is 0 Å². The number of fused-ring (bicyclic) bond motifs is 1. The standard InChI is InChI=1S/C26H24N4O2/c1-18-5-2-10-24(27-18)29-26(31)22-9-4-6-19-11-12-23(28-25(19)22)20-7-3-8-21(17-20)30-13-15-32-16-14-30/h2-12,17H,13-16H2,1H3,(H,27,29,31). The van der Waals surface area contributed by atoms with E-state index in [2.05, 4.69) is 33.4 Å². The van der Waals surface area contributed by atoms with Crippen LogP contribution in [0.4, 0.5) is 11.5 Å². The number of hydrogen-bond donors (Lipinski definition) is 1. The first-order chi connectivity index (χ1) is 15.7. The number of hydrogen-bond acceptors (Lipinski definition) is 5. The van der Waals surface area contributed by atoms with Crippen molar-refractivity contribution in [1.29, 1.82) is 0 Å². The molecule has 6 heteroatoms. The van der Waals surface area contributed by atoms with E-state index in [9.17, 15) is 4.79 Å². The van der Waals surface area contributed by atoms with Crippen molar-refractivity contribution >= 4 is 28.3 Å². The highest BCUT2D eigenvalue weighted by molar-refractivity contribution is 6.11. The Hall–Kier alpha value is -3.77. The molecule has 1 aliphatic heterocycles. The molecular weight excluding hydrogens is 400 g/mol. The number of morpholine rings is 1. The van der Waals surface area contributed by atoms with E-state index in [0.29, 0.717) is 16.9 Å². The quantitative estimate of drug-likeness (QED) is 0.515. The average Bonchev–Trinajstić information content (AvgIpc) is 2.84. The van der Waals surface area contributed by atoms with Crippen molar-refractivity contribution in [3.63, 3.8) is 0 Å². The second-order valence-corrected chi connectivity index (χ2v) is 7.84. The van der Waals surface area contributed by atoms with Gasteiger partial charge in [0.1, 0.15) is 5.82 Å². The highest BCUT2D eigenvalue weighted by Crippen LogP contribution is 2.27. The SMILES string of the molecule is Cc1cccc(NC(=O)c2cccc3ccc(-c4cccc(N5CCOCC5)c4)nc23)n1. The first kappa shape index (κ1) is 20.2. The van der Waals surface area contributed by atoms with Gasteiger partial charge in [-0.05, 0) is 43.3 Å². The number of anilines is 2. The number of rotatable bonds is 4. The van der Waals surface area contributed by atoms with Crippen LogP contribution in [0.2, 0.25) is 0 Å². The predicted molar refractivity (Wildman–Crippen MR) is 127 cm³/mol. The second kappa shape index (κ2) is 8.77. The van der Waals surface area contributed by atoms with Crippen LogP contribution in [0, 0.1) is 6.92 Å². The van der Waals surface area contributed by atoms with Crippen LogP contribution in [-0.2, 0) is 4.74 Å². The van der Waals surface area contributed by atoms with Crippen molar-refractivity contribution in [2.24, 2.45) is 0 Å². The third-order valence-corrected chi connectivity index (χ3v) is 5.61. The van der Waals surface area contributed by atoms with Crippen LogP contribution >= 0.6 is 0 Å². The maximum Gasteiger partial charge on any atom is 0.259 e. The number of pyridine rings is 2. The fourth-order valence-electron chi connectivity index (χ4n) is 3.97. The number of aromatic nitrogens is 2. The zero-order valence-corrected chi connectivity index (χ0v) is 17.9. The molecule has 1 saturated heterocycles. The van der Waals surface area contributed by atoms with E-state index in [-0.39, 0.29) is 5.91 Å². The number of amides is 1. The number of aryl methyl sites for hydroxylation is 1. The van der Waals surface area contributed by atoms with Gasteiger partial charge in [-0.2, -0.15) is 0 Å². The van der Waals surface area contributed by atoms with E-state index in [1.54, 1.807) is 12.1 Å². The van der Waals surface area contributed by atoms with Crippen LogP contribution in [-0.4, -0.2) is 42.2 Å². The van der Waals surface area contributed by atoms with E-state index < -0.39 is 0 Å². The van der Waals surface area contributed by atoms with Gasteiger partial charge in [0.25, 0.3) is 5.91 Å². The predicted octanol–water partition coefficient (Wildman–Crippen LogP) is 4.69. The molecule has 0 spiro atoms.